The standard InChI is InChI=1S/C12H20N2OS/c1-9-3-4-12(16-9)11(7-13)14(2)10-5-6-15-8-10/h3-4,10-11H,5-8,13H2,1-2H3. The van der Waals surface area contributed by atoms with Crippen molar-refractivity contribution < 1.29 is 4.74 Å². The molecule has 2 unspecified atom stereocenters. The Balaban J connectivity index is 2.09. The first kappa shape index (κ1) is 12.0. The third-order valence-electron chi connectivity index (χ3n) is 3.29. The molecule has 3 nitrogen and oxygen atoms in total. The van der Waals surface area contributed by atoms with Crippen LogP contribution in [0.1, 0.15) is 22.2 Å². The monoisotopic (exact) mass is 240 g/mol. The molecular formula is C12H20N2OS. The number of thiophene rings is 1. The van der Waals surface area contributed by atoms with Crippen LogP contribution < -0.4 is 5.73 Å². The topological polar surface area (TPSA) is 38.5 Å². The molecule has 0 spiro atoms. The Morgan fingerprint density at radius 3 is 2.94 bits per heavy atom. The summed E-state index contributed by atoms with van der Waals surface area (Å²) in [6.45, 7) is 4.54. The Kier molecular flexibility index (Phi) is 3.97. The highest BCUT2D eigenvalue weighted by Gasteiger charge is 2.27. The van der Waals surface area contributed by atoms with Gasteiger partial charge in [-0.15, -0.1) is 11.3 Å². The lowest BCUT2D eigenvalue weighted by Gasteiger charge is -2.30. The van der Waals surface area contributed by atoms with Gasteiger partial charge in [0.05, 0.1) is 12.6 Å². The van der Waals surface area contributed by atoms with E-state index in [1.807, 2.05) is 11.3 Å². The van der Waals surface area contributed by atoms with Crippen LogP contribution in [0.3, 0.4) is 0 Å². The zero-order chi connectivity index (χ0) is 11.5. The van der Waals surface area contributed by atoms with Gasteiger partial charge in [0.2, 0.25) is 0 Å². The van der Waals surface area contributed by atoms with E-state index in [1.165, 1.54) is 9.75 Å². The molecule has 2 atom stereocenters. The predicted molar refractivity (Wildman–Crippen MR) is 67.8 cm³/mol. The van der Waals surface area contributed by atoms with Gasteiger partial charge in [-0.1, -0.05) is 0 Å². The van der Waals surface area contributed by atoms with Crippen molar-refractivity contribution in [2.75, 3.05) is 26.8 Å². The van der Waals surface area contributed by atoms with Crippen molar-refractivity contribution >= 4 is 11.3 Å². The maximum absolute atomic E-state index is 5.91. The van der Waals surface area contributed by atoms with Gasteiger partial charge in [-0.2, -0.15) is 0 Å². The number of rotatable bonds is 4. The van der Waals surface area contributed by atoms with Gasteiger partial charge in [0, 0.05) is 28.9 Å². The summed E-state index contributed by atoms with van der Waals surface area (Å²) in [6, 6.07) is 5.23. The molecule has 0 aliphatic carbocycles. The number of nitrogens with zero attached hydrogens (tertiary/aromatic N) is 1. The van der Waals surface area contributed by atoms with Gasteiger partial charge in [-0.25, -0.2) is 0 Å². The van der Waals surface area contributed by atoms with Crippen molar-refractivity contribution in [2.24, 2.45) is 5.73 Å². The van der Waals surface area contributed by atoms with E-state index in [0.29, 0.717) is 18.6 Å². The molecule has 1 aromatic heterocycles. The summed E-state index contributed by atoms with van der Waals surface area (Å²) >= 11 is 1.85. The molecule has 16 heavy (non-hydrogen) atoms. The van der Waals surface area contributed by atoms with Gasteiger partial charge < -0.3 is 10.5 Å². The van der Waals surface area contributed by atoms with Crippen LogP contribution in [0.15, 0.2) is 12.1 Å². The fourth-order valence-corrected chi connectivity index (χ4v) is 3.26. The molecule has 0 aromatic carbocycles. The summed E-state index contributed by atoms with van der Waals surface area (Å²) in [5.74, 6) is 0. The van der Waals surface area contributed by atoms with Crippen LogP contribution in [0.4, 0.5) is 0 Å². The van der Waals surface area contributed by atoms with Crippen LogP contribution in [0.2, 0.25) is 0 Å². The van der Waals surface area contributed by atoms with Crippen LogP contribution in [-0.2, 0) is 4.74 Å². The molecule has 0 amide bonds. The number of ether oxygens (including phenoxy) is 1. The van der Waals surface area contributed by atoms with Crippen LogP contribution >= 0.6 is 11.3 Å². The SMILES string of the molecule is Cc1ccc(C(CN)N(C)C2CCOC2)s1. The molecule has 4 heteroatoms. The third-order valence-corrected chi connectivity index (χ3v) is 4.39. The van der Waals surface area contributed by atoms with Crippen molar-refractivity contribution in [1.82, 2.24) is 4.90 Å². The van der Waals surface area contributed by atoms with E-state index in [9.17, 15) is 0 Å². The van der Waals surface area contributed by atoms with Gasteiger partial charge in [0.25, 0.3) is 0 Å². The summed E-state index contributed by atoms with van der Waals surface area (Å²) in [5, 5.41) is 0. The summed E-state index contributed by atoms with van der Waals surface area (Å²) in [6.07, 6.45) is 1.12. The van der Waals surface area contributed by atoms with Crippen LogP contribution in [0.5, 0.6) is 0 Å². The summed E-state index contributed by atoms with van der Waals surface area (Å²) in [5.41, 5.74) is 5.91. The molecule has 1 aliphatic heterocycles. The minimum atomic E-state index is 0.338. The zero-order valence-electron chi connectivity index (χ0n) is 9.98. The van der Waals surface area contributed by atoms with E-state index in [2.05, 4.69) is 31.0 Å². The molecular weight excluding hydrogens is 220 g/mol. The maximum Gasteiger partial charge on any atom is 0.0622 e. The Bertz CT molecular complexity index is 334. The number of hydrogen-bond acceptors (Lipinski definition) is 4. The fraction of sp³-hybridized carbons (Fsp3) is 0.667. The summed E-state index contributed by atoms with van der Waals surface area (Å²) < 4.78 is 5.43. The van der Waals surface area contributed by atoms with E-state index in [0.717, 1.165) is 19.6 Å². The molecule has 2 N–H and O–H groups in total. The van der Waals surface area contributed by atoms with Crippen LogP contribution in [-0.4, -0.2) is 37.7 Å². The first-order valence-electron chi connectivity index (χ1n) is 5.78. The molecule has 1 aromatic rings. The second-order valence-corrected chi connectivity index (χ2v) is 5.70. The highest BCUT2D eigenvalue weighted by atomic mass is 32.1. The van der Waals surface area contributed by atoms with E-state index in [1.54, 1.807) is 0 Å². The van der Waals surface area contributed by atoms with Crippen molar-refractivity contribution in [1.29, 1.82) is 0 Å². The molecule has 90 valence electrons. The quantitative estimate of drug-likeness (QED) is 0.872. The Morgan fingerprint density at radius 1 is 1.62 bits per heavy atom. The highest BCUT2D eigenvalue weighted by molar-refractivity contribution is 7.12. The molecule has 0 bridgehead atoms. The van der Waals surface area contributed by atoms with E-state index < -0.39 is 0 Å². The number of aryl methyl sites for hydroxylation is 1. The third kappa shape index (κ3) is 2.46. The lowest BCUT2D eigenvalue weighted by Crippen LogP contribution is -2.38. The van der Waals surface area contributed by atoms with Gasteiger partial charge in [-0.05, 0) is 32.5 Å². The maximum atomic E-state index is 5.91. The predicted octanol–water partition coefficient (Wildman–Crippen LogP) is 1.78. The van der Waals surface area contributed by atoms with Crippen LogP contribution in [0, 0.1) is 6.92 Å². The minimum Gasteiger partial charge on any atom is -0.380 e. The smallest absolute Gasteiger partial charge is 0.0622 e. The Hall–Kier alpha value is -0.420. The number of nitrogens with two attached hydrogens (primary N) is 1. The molecule has 2 rings (SSSR count). The van der Waals surface area contributed by atoms with E-state index >= 15 is 0 Å². The summed E-state index contributed by atoms with van der Waals surface area (Å²) in [7, 11) is 2.16. The van der Waals surface area contributed by atoms with E-state index in [-0.39, 0.29) is 0 Å². The average Bonchev–Trinajstić information content (AvgIpc) is 2.90. The first-order valence-corrected chi connectivity index (χ1v) is 6.60. The molecule has 0 saturated carbocycles. The van der Waals surface area contributed by atoms with Crippen molar-refractivity contribution in [3.63, 3.8) is 0 Å². The lowest BCUT2D eigenvalue weighted by molar-refractivity contribution is 0.136. The van der Waals surface area contributed by atoms with Gasteiger partial charge in [-0.3, -0.25) is 4.90 Å². The second-order valence-electron chi connectivity index (χ2n) is 4.38. The molecule has 1 saturated heterocycles. The van der Waals surface area contributed by atoms with Gasteiger partial charge >= 0.3 is 0 Å². The summed E-state index contributed by atoms with van der Waals surface area (Å²) in [4.78, 5) is 5.09. The zero-order valence-corrected chi connectivity index (χ0v) is 10.8. The van der Waals surface area contributed by atoms with E-state index in [4.69, 9.17) is 10.5 Å². The van der Waals surface area contributed by atoms with Crippen molar-refractivity contribution in [2.45, 2.75) is 25.4 Å². The molecule has 1 aliphatic rings. The average molecular weight is 240 g/mol. The largest absolute Gasteiger partial charge is 0.380 e. The Labute approximate surface area is 101 Å². The van der Waals surface area contributed by atoms with Gasteiger partial charge in [0.1, 0.15) is 0 Å². The molecule has 2 heterocycles. The van der Waals surface area contributed by atoms with Crippen molar-refractivity contribution in [3.05, 3.63) is 21.9 Å². The molecule has 0 radical (unpaired) electrons. The fourth-order valence-electron chi connectivity index (χ4n) is 2.21. The number of likely N-dealkylation sites (N-methyl/N-ethyl adjacent to an activating group) is 1. The second kappa shape index (κ2) is 5.27. The normalized spacial score (nSPS) is 22.9. The molecule has 1 fully saturated rings. The first-order chi connectivity index (χ1) is 7.72. The lowest BCUT2D eigenvalue weighted by atomic mass is 10.1. The van der Waals surface area contributed by atoms with Gasteiger partial charge in [0.15, 0.2) is 0 Å². The van der Waals surface area contributed by atoms with Crippen molar-refractivity contribution in [3.8, 4) is 0 Å². The highest BCUT2D eigenvalue weighted by Crippen LogP contribution is 2.28. The Morgan fingerprint density at radius 2 is 2.44 bits per heavy atom. The minimum absolute atomic E-state index is 0.338. The van der Waals surface area contributed by atoms with Crippen LogP contribution in [0.25, 0.3) is 0 Å². The number of hydrogen-bond donors (Lipinski definition) is 1.